The summed E-state index contributed by atoms with van der Waals surface area (Å²) in [4.78, 5) is 4.65. The Morgan fingerprint density at radius 2 is 2.06 bits per heavy atom. The fourth-order valence-electron chi connectivity index (χ4n) is 1.98. The minimum Gasteiger partial charge on any atom is -0.378 e. The van der Waals surface area contributed by atoms with Crippen LogP contribution in [0.5, 0.6) is 0 Å². The fraction of sp³-hybridized carbons (Fsp3) is 0.733. The maximum Gasteiger partial charge on any atom is 0.0642 e. The quantitative estimate of drug-likeness (QED) is 0.488. The van der Waals surface area contributed by atoms with Crippen LogP contribution < -0.4 is 0 Å². The highest BCUT2D eigenvalue weighted by Crippen LogP contribution is 2.08. The van der Waals surface area contributed by atoms with Crippen LogP contribution >= 0.6 is 0 Å². The Bertz CT molecular complexity index is 257. The molecule has 0 N–H and O–H groups in total. The highest BCUT2D eigenvalue weighted by atomic mass is 16.5. The molecule has 0 saturated carbocycles. The van der Waals surface area contributed by atoms with Gasteiger partial charge in [0.15, 0.2) is 0 Å². The molecule has 1 aliphatic rings. The molecule has 0 atom stereocenters. The number of nitrogens with zero attached hydrogens (tertiary/aromatic N) is 2. The van der Waals surface area contributed by atoms with E-state index >= 15 is 0 Å². The second kappa shape index (κ2) is 9.17. The van der Waals surface area contributed by atoms with E-state index in [0.29, 0.717) is 0 Å². The number of allylic oxidation sites excluding steroid dienone is 2. The molecule has 0 unspecified atom stereocenters. The molecule has 1 saturated heterocycles. The van der Waals surface area contributed by atoms with Crippen molar-refractivity contribution in [1.82, 2.24) is 9.80 Å². The van der Waals surface area contributed by atoms with E-state index in [0.717, 1.165) is 45.0 Å². The van der Waals surface area contributed by atoms with Gasteiger partial charge in [0, 0.05) is 18.8 Å². The lowest BCUT2D eigenvalue weighted by molar-refractivity contribution is 0.0556. The largest absolute Gasteiger partial charge is 0.378 e. The molecule has 3 heteroatoms. The Balaban J connectivity index is 2.06. The van der Waals surface area contributed by atoms with Crippen molar-refractivity contribution in [2.45, 2.75) is 26.2 Å². The van der Waals surface area contributed by atoms with Crippen LogP contribution in [0.25, 0.3) is 0 Å². The van der Waals surface area contributed by atoms with E-state index in [1.807, 2.05) is 0 Å². The third kappa shape index (κ3) is 6.22. The summed E-state index contributed by atoms with van der Waals surface area (Å²) in [6.45, 7) is 12.3. The monoisotopic (exact) mass is 252 g/mol. The van der Waals surface area contributed by atoms with Crippen molar-refractivity contribution in [3.63, 3.8) is 0 Å². The highest BCUT2D eigenvalue weighted by molar-refractivity contribution is 5.13. The van der Waals surface area contributed by atoms with Crippen molar-refractivity contribution < 1.29 is 4.74 Å². The zero-order valence-electron chi connectivity index (χ0n) is 12.0. The smallest absolute Gasteiger partial charge is 0.0642 e. The molecular weight excluding hydrogens is 224 g/mol. The number of hydrogen-bond acceptors (Lipinski definition) is 3. The number of morpholine rings is 1. The van der Waals surface area contributed by atoms with Crippen LogP contribution in [0.15, 0.2) is 24.4 Å². The zero-order valence-corrected chi connectivity index (χ0v) is 12.0. The van der Waals surface area contributed by atoms with Gasteiger partial charge in [-0.25, -0.2) is 0 Å². The maximum absolute atomic E-state index is 5.33. The lowest BCUT2D eigenvalue weighted by Gasteiger charge is -2.29. The van der Waals surface area contributed by atoms with Crippen molar-refractivity contribution in [2.24, 2.45) is 0 Å². The summed E-state index contributed by atoms with van der Waals surface area (Å²) in [5.41, 5.74) is 1.13. The number of ether oxygens (including phenoxy) is 1. The summed E-state index contributed by atoms with van der Waals surface area (Å²) >= 11 is 0. The van der Waals surface area contributed by atoms with E-state index in [2.05, 4.69) is 42.5 Å². The highest BCUT2D eigenvalue weighted by Gasteiger charge is 2.09. The van der Waals surface area contributed by atoms with Gasteiger partial charge in [0.2, 0.25) is 0 Å². The first kappa shape index (κ1) is 15.3. The van der Waals surface area contributed by atoms with Gasteiger partial charge in [-0.15, -0.1) is 0 Å². The molecule has 0 radical (unpaired) electrons. The lowest BCUT2D eigenvalue weighted by atomic mass is 10.2. The SMILES string of the molecule is C=C(C=CCCCCN(C)CC)N1CCOCC1. The van der Waals surface area contributed by atoms with Crippen molar-refractivity contribution in [2.75, 3.05) is 46.4 Å². The van der Waals surface area contributed by atoms with Gasteiger partial charge < -0.3 is 14.5 Å². The van der Waals surface area contributed by atoms with Crippen molar-refractivity contribution >= 4 is 0 Å². The van der Waals surface area contributed by atoms with Gasteiger partial charge in [-0.3, -0.25) is 0 Å². The third-order valence-corrected chi connectivity index (χ3v) is 3.43. The predicted octanol–water partition coefficient (Wildman–Crippen LogP) is 2.51. The summed E-state index contributed by atoms with van der Waals surface area (Å²) in [7, 11) is 2.18. The zero-order chi connectivity index (χ0) is 13.2. The molecular formula is C15H28N2O. The summed E-state index contributed by atoms with van der Waals surface area (Å²) < 4.78 is 5.33. The second-order valence-electron chi connectivity index (χ2n) is 4.88. The molecule has 0 aromatic carbocycles. The normalized spacial score (nSPS) is 16.7. The van der Waals surface area contributed by atoms with Crippen LogP contribution in [0.4, 0.5) is 0 Å². The number of hydrogen-bond donors (Lipinski definition) is 0. The Kier molecular flexibility index (Phi) is 7.78. The standard InChI is InChI=1S/C15H28N2O/c1-4-16(3)10-8-6-5-7-9-15(2)17-11-13-18-14-12-17/h7,9H,2,4-6,8,10-14H2,1,3H3. The molecule has 0 bridgehead atoms. The lowest BCUT2D eigenvalue weighted by Crippen LogP contribution is -2.34. The topological polar surface area (TPSA) is 15.7 Å². The van der Waals surface area contributed by atoms with Crippen LogP contribution in [0.1, 0.15) is 26.2 Å². The molecule has 0 amide bonds. The van der Waals surface area contributed by atoms with Gasteiger partial charge in [0.25, 0.3) is 0 Å². The predicted molar refractivity (Wildman–Crippen MR) is 77.7 cm³/mol. The van der Waals surface area contributed by atoms with E-state index in [1.165, 1.54) is 19.4 Å². The Hall–Kier alpha value is -0.800. The van der Waals surface area contributed by atoms with Crippen LogP contribution in [-0.4, -0.2) is 56.2 Å². The molecule has 18 heavy (non-hydrogen) atoms. The molecule has 1 heterocycles. The average Bonchev–Trinajstić information content (AvgIpc) is 2.43. The van der Waals surface area contributed by atoms with E-state index in [1.54, 1.807) is 0 Å². The van der Waals surface area contributed by atoms with E-state index in [4.69, 9.17) is 4.74 Å². The second-order valence-corrected chi connectivity index (χ2v) is 4.88. The summed E-state index contributed by atoms with van der Waals surface area (Å²) in [6, 6.07) is 0. The first-order chi connectivity index (χ1) is 8.74. The minimum atomic E-state index is 0.830. The Morgan fingerprint density at radius 3 is 2.72 bits per heavy atom. The molecule has 0 aliphatic carbocycles. The molecule has 3 nitrogen and oxygen atoms in total. The first-order valence-electron chi connectivity index (χ1n) is 7.10. The van der Waals surface area contributed by atoms with Gasteiger partial charge in [-0.1, -0.05) is 19.6 Å². The van der Waals surface area contributed by atoms with E-state index in [-0.39, 0.29) is 0 Å². The molecule has 0 aromatic heterocycles. The molecule has 104 valence electrons. The number of unbranched alkanes of at least 4 members (excludes halogenated alkanes) is 2. The third-order valence-electron chi connectivity index (χ3n) is 3.43. The Labute approximate surface area is 112 Å². The van der Waals surface area contributed by atoms with Crippen molar-refractivity contribution in [3.8, 4) is 0 Å². The van der Waals surface area contributed by atoms with Crippen LogP contribution in [0.3, 0.4) is 0 Å². The molecule has 0 spiro atoms. The fourth-order valence-corrected chi connectivity index (χ4v) is 1.98. The minimum absolute atomic E-state index is 0.830. The van der Waals surface area contributed by atoms with Crippen LogP contribution in [0, 0.1) is 0 Å². The van der Waals surface area contributed by atoms with E-state index in [9.17, 15) is 0 Å². The maximum atomic E-state index is 5.33. The molecule has 1 rings (SSSR count). The van der Waals surface area contributed by atoms with E-state index < -0.39 is 0 Å². The van der Waals surface area contributed by atoms with Crippen molar-refractivity contribution in [1.29, 1.82) is 0 Å². The molecule has 1 aliphatic heterocycles. The van der Waals surface area contributed by atoms with Gasteiger partial charge in [-0.05, 0) is 45.5 Å². The van der Waals surface area contributed by atoms with Crippen LogP contribution in [-0.2, 0) is 4.74 Å². The van der Waals surface area contributed by atoms with Crippen LogP contribution in [0.2, 0.25) is 0 Å². The van der Waals surface area contributed by atoms with Gasteiger partial charge >= 0.3 is 0 Å². The summed E-state index contributed by atoms with van der Waals surface area (Å²) in [5, 5.41) is 0. The number of rotatable bonds is 8. The Morgan fingerprint density at radius 1 is 1.33 bits per heavy atom. The van der Waals surface area contributed by atoms with Crippen molar-refractivity contribution in [3.05, 3.63) is 24.4 Å². The van der Waals surface area contributed by atoms with Gasteiger partial charge in [0.1, 0.15) is 0 Å². The van der Waals surface area contributed by atoms with Gasteiger partial charge in [-0.2, -0.15) is 0 Å². The van der Waals surface area contributed by atoms with Gasteiger partial charge in [0.05, 0.1) is 13.2 Å². The first-order valence-corrected chi connectivity index (χ1v) is 7.10. The molecule has 1 fully saturated rings. The summed E-state index contributed by atoms with van der Waals surface area (Å²) in [5.74, 6) is 0. The molecule has 0 aromatic rings. The summed E-state index contributed by atoms with van der Waals surface area (Å²) in [6.07, 6.45) is 8.11. The average molecular weight is 252 g/mol.